The molecule has 0 fully saturated rings. The molecule has 1 atom stereocenters. The van der Waals surface area contributed by atoms with Gasteiger partial charge in [-0.2, -0.15) is 0 Å². The Bertz CT molecular complexity index is 1230. The van der Waals surface area contributed by atoms with Crippen LogP contribution in [0.2, 0.25) is 5.02 Å². The molecule has 3 rings (SSSR count). The van der Waals surface area contributed by atoms with Crippen LogP contribution >= 0.6 is 23.4 Å². The molecule has 0 spiro atoms. The van der Waals surface area contributed by atoms with Crippen molar-refractivity contribution in [3.63, 3.8) is 0 Å². The molecule has 2 amide bonds. The molecule has 10 heteroatoms. The Labute approximate surface area is 200 Å². The number of nitrogens with one attached hydrogen (secondary N) is 3. The Balaban J connectivity index is 1.78. The highest BCUT2D eigenvalue weighted by molar-refractivity contribution is 8.00. The van der Waals surface area contributed by atoms with Gasteiger partial charge in [0.2, 0.25) is 11.8 Å². The second-order valence-corrected chi connectivity index (χ2v) is 8.82. The van der Waals surface area contributed by atoms with Crippen LogP contribution in [0.3, 0.4) is 0 Å². The number of H-pyrrole nitrogens is 1. The molecule has 3 N–H and O–H groups in total. The number of carbonyl (C=O) groups is 2. The number of hydrogen-bond acceptors (Lipinski definition) is 6. The SMILES string of the molecule is CCC(=O)Nc1ccccc1-c1nnc(S[C@H](CC)C(=O)Nc2ccc(C)c(Cl)c2)[nH]c1=O. The van der Waals surface area contributed by atoms with Gasteiger partial charge in [-0.15, -0.1) is 10.2 Å². The molecular weight excluding hydrogens is 462 g/mol. The highest BCUT2D eigenvalue weighted by Gasteiger charge is 2.21. The number of anilines is 2. The fraction of sp³-hybridized carbons (Fsp3) is 0.261. The Kier molecular flexibility index (Phi) is 8.24. The number of carbonyl (C=O) groups excluding carboxylic acids is 2. The number of hydrogen-bond donors (Lipinski definition) is 3. The number of nitrogens with zero attached hydrogens (tertiary/aromatic N) is 2. The summed E-state index contributed by atoms with van der Waals surface area (Å²) in [7, 11) is 0. The third-order valence-corrected chi connectivity index (χ3v) is 6.46. The molecule has 8 nitrogen and oxygen atoms in total. The second-order valence-electron chi connectivity index (χ2n) is 7.22. The normalized spacial score (nSPS) is 11.6. The van der Waals surface area contributed by atoms with E-state index in [1.165, 1.54) is 0 Å². The van der Waals surface area contributed by atoms with Crippen LogP contribution in [-0.4, -0.2) is 32.2 Å². The highest BCUT2D eigenvalue weighted by atomic mass is 35.5. The summed E-state index contributed by atoms with van der Waals surface area (Å²) in [6.45, 7) is 5.49. The zero-order valence-electron chi connectivity index (χ0n) is 18.4. The minimum absolute atomic E-state index is 0.0816. The maximum Gasteiger partial charge on any atom is 0.278 e. The summed E-state index contributed by atoms with van der Waals surface area (Å²) in [4.78, 5) is 40.0. The lowest BCUT2D eigenvalue weighted by Crippen LogP contribution is -2.25. The van der Waals surface area contributed by atoms with Crippen molar-refractivity contribution in [3.05, 3.63) is 63.4 Å². The number of para-hydroxylation sites is 1. The topological polar surface area (TPSA) is 117 Å². The van der Waals surface area contributed by atoms with Gasteiger partial charge in [0.05, 0.1) is 10.9 Å². The van der Waals surface area contributed by atoms with Crippen molar-refractivity contribution in [1.29, 1.82) is 0 Å². The molecule has 0 bridgehead atoms. The first-order valence-corrected chi connectivity index (χ1v) is 11.7. The highest BCUT2D eigenvalue weighted by Crippen LogP contribution is 2.27. The molecule has 172 valence electrons. The molecule has 1 heterocycles. The monoisotopic (exact) mass is 485 g/mol. The summed E-state index contributed by atoms with van der Waals surface area (Å²) >= 11 is 7.25. The van der Waals surface area contributed by atoms with Crippen molar-refractivity contribution in [2.45, 2.75) is 44.0 Å². The molecule has 0 aliphatic heterocycles. The van der Waals surface area contributed by atoms with Gasteiger partial charge in [-0.25, -0.2) is 0 Å². The van der Waals surface area contributed by atoms with E-state index in [4.69, 9.17) is 11.6 Å². The molecule has 0 aliphatic rings. The lowest BCUT2D eigenvalue weighted by molar-refractivity contribution is -0.116. The van der Waals surface area contributed by atoms with Crippen LogP contribution in [0.15, 0.2) is 52.4 Å². The van der Waals surface area contributed by atoms with Gasteiger partial charge in [0, 0.05) is 22.7 Å². The van der Waals surface area contributed by atoms with Gasteiger partial charge in [0.1, 0.15) is 0 Å². The number of rotatable bonds is 8. The van der Waals surface area contributed by atoms with Crippen LogP contribution in [0.4, 0.5) is 11.4 Å². The second kappa shape index (κ2) is 11.1. The van der Waals surface area contributed by atoms with E-state index < -0.39 is 10.8 Å². The Hall–Kier alpha value is -3.17. The van der Waals surface area contributed by atoms with Crippen molar-refractivity contribution in [1.82, 2.24) is 15.2 Å². The van der Waals surface area contributed by atoms with Crippen LogP contribution < -0.4 is 16.2 Å². The molecule has 0 aliphatic carbocycles. The summed E-state index contributed by atoms with van der Waals surface area (Å²) in [5, 5.41) is 14.1. The molecule has 0 saturated heterocycles. The van der Waals surface area contributed by atoms with Gasteiger partial charge >= 0.3 is 0 Å². The summed E-state index contributed by atoms with van der Waals surface area (Å²) in [5.74, 6) is -0.410. The van der Waals surface area contributed by atoms with E-state index in [0.29, 0.717) is 34.8 Å². The number of benzene rings is 2. The molecule has 0 radical (unpaired) electrons. The largest absolute Gasteiger partial charge is 0.325 e. The molecule has 2 aromatic carbocycles. The number of aromatic amines is 1. The van der Waals surface area contributed by atoms with Crippen molar-refractivity contribution < 1.29 is 9.59 Å². The fourth-order valence-corrected chi connectivity index (χ4v) is 3.96. The lowest BCUT2D eigenvalue weighted by Gasteiger charge is -2.14. The van der Waals surface area contributed by atoms with Gasteiger partial charge < -0.3 is 10.6 Å². The third kappa shape index (κ3) is 6.21. The summed E-state index contributed by atoms with van der Waals surface area (Å²) < 4.78 is 0. The Morgan fingerprint density at radius 3 is 2.55 bits per heavy atom. The van der Waals surface area contributed by atoms with Crippen molar-refractivity contribution >= 4 is 46.6 Å². The van der Waals surface area contributed by atoms with E-state index in [9.17, 15) is 14.4 Å². The minimum Gasteiger partial charge on any atom is -0.325 e. The van der Waals surface area contributed by atoms with E-state index in [1.54, 1.807) is 43.3 Å². The zero-order valence-corrected chi connectivity index (χ0v) is 20.0. The molecule has 0 saturated carbocycles. The van der Waals surface area contributed by atoms with Crippen LogP contribution in [0.5, 0.6) is 0 Å². The van der Waals surface area contributed by atoms with Crippen LogP contribution in [0.25, 0.3) is 11.3 Å². The average Bonchev–Trinajstić information content (AvgIpc) is 2.80. The number of halogens is 1. The molecule has 3 aromatic rings. The van der Waals surface area contributed by atoms with Crippen LogP contribution in [0.1, 0.15) is 32.3 Å². The maximum atomic E-state index is 12.7. The maximum absolute atomic E-state index is 12.7. The summed E-state index contributed by atoms with van der Waals surface area (Å²) in [6.07, 6.45) is 0.814. The molecule has 1 aromatic heterocycles. The van der Waals surface area contributed by atoms with Crippen molar-refractivity contribution in [2.75, 3.05) is 10.6 Å². The van der Waals surface area contributed by atoms with Crippen LogP contribution in [0, 0.1) is 6.92 Å². The summed E-state index contributed by atoms with van der Waals surface area (Å²) in [6, 6.07) is 12.2. The van der Waals surface area contributed by atoms with E-state index >= 15 is 0 Å². The zero-order chi connectivity index (χ0) is 24.0. The van der Waals surface area contributed by atoms with E-state index in [0.717, 1.165) is 17.3 Å². The van der Waals surface area contributed by atoms with Gasteiger partial charge in [-0.3, -0.25) is 19.4 Å². The number of aromatic nitrogens is 3. The van der Waals surface area contributed by atoms with E-state index in [-0.39, 0.29) is 22.7 Å². The molecule has 33 heavy (non-hydrogen) atoms. The van der Waals surface area contributed by atoms with Crippen molar-refractivity contribution in [3.8, 4) is 11.3 Å². The summed E-state index contributed by atoms with van der Waals surface area (Å²) in [5.41, 5.74) is 2.07. The lowest BCUT2D eigenvalue weighted by atomic mass is 10.1. The average molecular weight is 486 g/mol. The number of thioether (sulfide) groups is 1. The Morgan fingerprint density at radius 2 is 1.88 bits per heavy atom. The van der Waals surface area contributed by atoms with Gasteiger partial charge in [0.25, 0.3) is 5.56 Å². The van der Waals surface area contributed by atoms with E-state index in [2.05, 4.69) is 25.8 Å². The number of aryl methyl sites for hydroxylation is 1. The van der Waals surface area contributed by atoms with Gasteiger partial charge in [0.15, 0.2) is 10.9 Å². The first-order chi connectivity index (χ1) is 15.8. The smallest absolute Gasteiger partial charge is 0.278 e. The quantitative estimate of drug-likeness (QED) is 0.400. The molecular formula is C23H24ClN5O3S. The minimum atomic E-state index is -0.503. The fourth-order valence-electron chi connectivity index (χ4n) is 2.94. The molecule has 0 unspecified atom stereocenters. The van der Waals surface area contributed by atoms with E-state index in [1.807, 2.05) is 19.9 Å². The first kappa shape index (κ1) is 24.5. The standard InChI is InChI=1S/C23H24ClN5O3S/c1-4-18(21(31)25-14-11-10-13(3)16(24)12-14)33-23-27-22(32)20(28-29-23)15-8-6-7-9-17(15)26-19(30)5-2/h6-12,18H,4-5H2,1-3H3,(H,25,31)(H,26,30)(H,27,29,32)/t18-/m1/s1. The van der Waals surface area contributed by atoms with Crippen LogP contribution in [-0.2, 0) is 9.59 Å². The van der Waals surface area contributed by atoms with Gasteiger partial charge in [-0.1, -0.05) is 61.5 Å². The predicted octanol–water partition coefficient (Wildman–Crippen LogP) is 4.65. The van der Waals surface area contributed by atoms with Gasteiger partial charge in [-0.05, 0) is 37.1 Å². The number of amides is 2. The third-order valence-electron chi connectivity index (χ3n) is 4.81. The van der Waals surface area contributed by atoms with Crippen molar-refractivity contribution in [2.24, 2.45) is 0 Å². The predicted molar refractivity (Wildman–Crippen MR) is 132 cm³/mol. The Morgan fingerprint density at radius 1 is 1.12 bits per heavy atom. The first-order valence-electron chi connectivity index (χ1n) is 10.4.